The number of aliphatic imine (C=N–C) groups is 1. The summed E-state index contributed by atoms with van der Waals surface area (Å²) in [6.45, 7) is 9.08. The minimum atomic E-state index is 0. The topological polar surface area (TPSA) is 60.0 Å². The molecule has 0 spiro atoms. The van der Waals surface area contributed by atoms with Crippen LogP contribution in [0.3, 0.4) is 0 Å². The molecule has 6 nitrogen and oxygen atoms in total. The Bertz CT molecular complexity index is 633. The van der Waals surface area contributed by atoms with Gasteiger partial charge in [-0.05, 0) is 31.0 Å². The van der Waals surface area contributed by atoms with Crippen LogP contribution in [-0.4, -0.2) is 63.1 Å². The van der Waals surface area contributed by atoms with Crippen LogP contribution in [0.15, 0.2) is 23.2 Å². The largest absolute Gasteiger partial charge is 0.368 e. The molecule has 0 radical (unpaired) electrons. The highest BCUT2D eigenvalue weighted by Crippen LogP contribution is 2.25. The van der Waals surface area contributed by atoms with E-state index < -0.39 is 0 Å². The third kappa shape index (κ3) is 7.37. The van der Waals surface area contributed by atoms with Crippen molar-refractivity contribution in [1.29, 1.82) is 0 Å². The van der Waals surface area contributed by atoms with E-state index in [-0.39, 0.29) is 29.9 Å². The summed E-state index contributed by atoms with van der Waals surface area (Å²) in [4.78, 5) is 20.6. The first kappa shape index (κ1) is 23.8. The van der Waals surface area contributed by atoms with Gasteiger partial charge in [-0.25, -0.2) is 0 Å². The zero-order valence-corrected chi connectivity index (χ0v) is 19.5. The van der Waals surface area contributed by atoms with E-state index in [0.29, 0.717) is 13.0 Å². The highest BCUT2D eigenvalue weighted by atomic mass is 127. The van der Waals surface area contributed by atoms with Crippen molar-refractivity contribution in [3.8, 4) is 0 Å². The van der Waals surface area contributed by atoms with Crippen LogP contribution in [0, 0.1) is 6.92 Å². The van der Waals surface area contributed by atoms with Crippen molar-refractivity contribution in [3.05, 3.63) is 28.8 Å². The van der Waals surface area contributed by atoms with Gasteiger partial charge in [0.2, 0.25) is 5.91 Å². The molecule has 8 heteroatoms. The maximum atomic E-state index is 11.7. The fourth-order valence-corrected chi connectivity index (χ4v) is 3.22. The maximum Gasteiger partial charge on any atom is 0.221 e. The number of aryl methyl sites for hydroxylation is 1. The SMILES string of the molecule is CCCNC(=O)CCNC(=NC)N1CCN(c2cc(Cl)ccc2C)CC1.I. The number of carbonyl (C=O) groups is 1. The van der Waals surface area contributed by atoms with Crippen LogP contribution < -0.4 is 15.5 Å². The second-order valence-corrected chi connectivity index (χ2v) is 6.92. The number of amides is 1. The Labute approximate surface area is 184 Å². The van der Waals surface area contributed by atoms with E-state index in [1.165, 1.54) is 11.3 Å². The van der Waals surface area contributed by atoms with Crippen molar-refractivity contribution in [2.24, 2.45) is 4.99 Å². The molecule has 0 aromatic heterocycles. The fraction of sp³-hybridized carbons (Fsp3) is 0.579. The van der Waals surface area contributed by atoms with Gasteiger partial charge in [-0.3, -0.25) is 9.79 Å². The molecule has 2 N–H and O–H groups in total. The molecule has 1 amide bonds. The Kier molecular flexibility index (Phi) is 10.8. The molecule has 27 heavy (non-hydrogen) atoms. The van der Waals surface area contributed by atoms with Gasteiger partial charge in [-0.1, -0.05) is 24.6 Å². The van der Waals surface area contributed by atoms with Gasteiger partial charge in [0, 0.05) is 63.4 Å². The van der Waals surface area contributed by atoms with E-state index in [4.69, 9.17) is 11.6 Å². The third-order valence-electron chi connectivity index (χ3n) is 4.51. The predicted octanol–water partition coefficient (Wildman–Crippen LogP) is 2.88. The molecule has 0 aliphatic carbocycles. The van der Waals surface area contributed by atoms with E-state index in [2.05, 4.69) is 38.4 Å². The number of guanidine groups is 1. The average molecular weight is 508 g/mol. The Balaban J connectivity index is 0.00000364. The molecule has 152 valence electrons. The molecular formula is C19H31ClIN5O. The molecule has 1 aliphatic heterocycles. The molecule has 1 fully saturated rings. The van der Waals surface area contributed by atoms with Gasteiger partial charge >= 0.3 is 0 Å². The molecule has 0 bridgehead atoms. The Morgan fingerprint density at radius 3 is 2.52 bits per heavy atom. The summed E-state index contributed by atoms with van der Waals surface area (Å²) < 4.78 is 0. The second kappa shape index (κ2) is 12.3. The van der Waals surface area contributed by atoms with E-state index in [1.54, 1.807) is 7.05 Å². The number of hydrogen-bond donors (Lipinski definition) is 2. The van der Waals surface area contributed by atoms with Crippen molar-refractivity contribution in [2.75, 3.05) is 51.2 Å². The number of nitrogens with one attached hydrogen (secondary N) is 2. The summed E-state index contributed by atoms with van der Waals surface area (Å²) in [5.74, 6) is 0.937. The van der Waals surface area contributed by atoms with Crippen LogP contribution in [0.1, 0.15) is 25.3 Å². The van der Waals surface area contributed by atoms with E-state index in [0.717, 1.165) is 50.1 Å². The zero-order chi connectivity index (χ0) is 18.9. The molecular weight excluding hydrogens is 477 g/mol. The minimum absolute atomic E-state index is 0. The van der Waals surface area contributed by atoms with Gasteiger partial charge < -0.3 is 20.4 Å². The first-order valence-electron chi connectivity index (χ1n) is 9.28. The molecule has 1 heterocycles. The molecule has 0 unspecified atom stereocenters. The lowest BCUT2D eigenvalue weighted by Crippen LogP contribution is -2.53. The van der Waals surface area contributed by atoms with Crippen molar-refractivity contribution < 1.29 is 4.79 Å². The Hall–Kier alpha value is -1.22. The van der Waals surface area contributed by atoms with Crippen LogP contribution in [0.25, 0.3) is 0 Å². The zero-order valence-electron chi connectivity index (χ0n) is 16.4. The van der Waals surface area contributed by atoms with Gasteiger partial charge in [0.1, 0.15) is 0 Å². The quantitative estimate of drug-likeness (QED) is 0.353. The average Bonchev–Trinajstić information content (AvgIpc) is 2.66. The van der Waals surface area contributed by atoms with Gasteiger partial charge in [0.25, 0.3) is 0 Å². The smallest absolute Gasteiger partial charge is 0.221 e. The minimum Gasteiger partial charge on any atom is -0.368 e. The van der Waals surface area contributed by atoms with E-state index >= 15 is 0 Å². The highest BCUT2D eigenvalue weighted by molar-refractivity contribution is 14.0. The molecule has 1 aliphatic rings. The van der Waals surface area contributed by atoms with Crippen molar-refractivity contribution >= 4 is 53.1 Å². The summed E-state index contributed by atoms with van der Waals surface area (Å²) in [6.07, 6.45) is 1.41. The number of carbonyl (C=O) groups excluding carboxylic acids is 1. The number of hydrogen-bond acceptors (Lipinski definition) is 3. The number of piperazine rings is 1. The lowest BCUT2D eigenvalue weighted by atomic mass is 10.1. The molecule has 1 aromatic rings. The van der Waals surface area contributed by atoms with Crippen LogP contribution in [-0.2, 0) is 4.79 Å². The first-order valence-corrected chi connectivity index (χ1v) is 9.66. The Morgan fingerprint density at radius 1 is 1.19 bits per heavy atom. The fourth-order valence-electron chi connectivity index (χ4n) is 3.06. The van der Waals surface area contributed by atoms with Gasteiger partial charge in [0.05, 0.1) is 0 Å². The number of benzene rings is 1. The van der Waals surface area contributed by atoms with Crippen molar-refractivity contribution in [1.82, 2.24) is 15.5 Å². The monoisotopic (exact) mass is 507 g/mol. The molecule has 1 saturated heterocycles. The molecule has 2 rings (SSSR count). The van der Waals surface area contributed by atoms with Crippen LogP contribution in [0.5, 0.6) is 0 Å². The number of anilines is 1. The maximum absolute atomic E-state index is 11.7. The number of nitrogens with zero attached hydrogens (tertiary/aromatic N) is 3. The van der Waals surface area contributed by atoms with E-state index in [9.17, 15) is 4.79 Å². The van der Waals surface area contributed by atoms with Crippen LogP contribution in [0.2, 0.25) is 5.02 Å². The third-order valence-corrected chi connectivity index (χ3v) is 4.75. The van der Waals surface area contributed by atoms with E-state index in [1.807, 2.05) is 19.1 Å². The highest BCUT2D eigenvalue weighted by Gasteiger charge is 2.21. The summed E-state index contributed by atoms with van der Waals surface area (Å²) in [6, 6.07) is 6.03. The Morgan fingerprint density at radius 2 is 1.89 bits per heavy atom. The summed E-state index contributed by atoms with van der Waals surface area (Å²) in [5, 5.41) is 6.95. The second-order valence-electron chi connectivity index (χ2n) is 6.48. The van der Waals surface area contributed by atoms with Gasteiger partial charge in [0.15, 0.2) is 5.96 Å². The number of halogens is 2. The van der Waals surface area contributed by atoms with Crippen molar-refractivity contribution in [3.63, 3.8) is 0 Å². The van der Waals surface area contributed by atoms with Crippen LogP contribution >= 0.6 is 35.6 Å². The lowest BCUT2D eigenvalue weighted by molar-refractivity contribution is -0.120. The lowest BCUT2D eigenvalue weighted by Gasteiger charge is -2.38. The normalized spacial score (nSPS) is 14.6. The molecule has 0 saturated carbocycles. The standard InChI is InChI=1S/C19H30ClN5O.HI/c1-4-8-22-18(26)7-9-23-19(21-3)25-12-10-24(11-13-25)17-14-16(20)6-5-15(17)2;/h5-6,14H,4,7-13H2,1-3H3,(H,21,23)(H,22,26);1H. The van der Waals surface area contributed by atoms with Gasteiger partial charge in [-0.2, -0.15) is 0 Å². The predicted molar refractivity (Wildman–Crippen MR) is 125 cm³/mol. The molecule has 0 atom stereocenters. The number of rotatable bonds is 6. The van der Waals surface area contributed by atoms with Gasteiger partial charge in [-0.15, -0.1) is 24.0 Å². The first-order chi connectivity index (χ1) is 12.5. The summed E-state index contributed by atoms with van der Waals surface area (Å²) in [5.41, 5.74) is 2.44. The van der Waals surface area contributed by atoms with Crippen molar-refractivity contribution in [2.45, 2.75) is 26.7 Å². The van der Waals surface area contributed by atoms with Crippen LogP contribution in [0.4, 0.5) is 5.69 Å². The summed E-state index contributed by atoms with van der Waals surface area (Å²) in [7, 11) is 1.78. The molecule has 1 aromatic carbocycles. The summed E-state index contributed by atoms with van der Waals surface area (Å²) >= 11 is 6.15.